The molecule has 128 valence electrons. The largest absolute Gasteiger partial charge is 0.481 e. The molecule has 0 radical (unpaired) electrons. The molecule has 1 amide bonds. The minimum atomic E-state index is -0.967. The number of carboxylic acids is 1. The third-order valence-corrected chi connectivity index (χ3v) is 4.18. The number of carbonyl (C=O) groups excluding carboxylic acids is 1. The number of aliphatic carboxylic acids is 1. The number of amides is 1. The molecule has 0 aliphatic carbocycles. The highest BCUT2D eigenvalue weighted by atomic mass is 19.1. The molecule has 1 aromatic carbocycles. The number of rotatable bonds is 7. The smallest absolute Gasteiger partial charge is 0.305 e. The first-order valence-electron chi connectivity index (χ1n) is 7.79. The molecule has 2 N–H and O–H groups in total. The van der Waals surface area contributed by atoms with Gasteiger partial charge in [0.1, 0.15) is 11.6 Å². The summed E-state index contributed by atoms with van der Waals surface area (Å²) in [6.07, 6.45) is 0.831. The van der Waals surface area contributed by atoms with E-state index in [1.54, 1.807) is 18.2 Å². The summed E-state index contributed by atoms with van der Waals surface area (Å²) in [6.45, 7) is 3.66. The topological polar surface area (TPSA) is 79.5 Å². The van der Waals surface area contributed by atoms with Crippen molar-refractivity contribution >= 4 is 11.9 Å². The van der Waals surface area contributed by atoms with Gasteiger partial charge in [-0.2, -0.15) is 0 Å². The van der Waals surface area contributed by atoms with Crippen molar-refractivity contribution in [2.45, 2.75) is 38.6 Å². The van der Waals surface area contributed by atoms with Gasteiger partial charge in [-0.25, -0.2) is 4.39 Å². The Morgan fingerprint density at radius 2 is 1.75 bits per heavy atom. The van der Waals surface area contributed by atoms with Crippen molar-refractivity contribution in [2.24, 2.45) is 0 Å². The summed E-state index contributed by atoms with van der Waals surface area (Å²) in [5, 5.41) is 11.8. The second-order valence-electron chi connectivity index (χ2n) is 5.68. The highest BCUT2D eigenvalue weighted by molar-refractivity contribution is 5.93. The molecule has 0 aliphatic heterocycles. The number of furan rings is 1. The van der Waals surface area contributed by atoms with Gasteiger partial charge in [-0.3, -0.25) is 9.59 Å². The lowest BCUT2D eigenvalue weighted by Gasteiger charge is -2.30. The van der Waals surface area contributed by atoms with Gasteiger partial charge in [-0.15, -0.1) is 0 Å². The van der Waals surface area contributed by atoms with Crippen LogP contribution < -0.4 is 5.32 Å². The molecule has 0 spiro atoms. The lowest BCUT2D eigenvalue weighted by Crippen LogP contribution is -2.49. The summed E-state index contributed by atoms with van der Waals surface area (Å²) in [5.41, 5.74) is -0.163. The summed E-state index contributed by atoms with van der Waals surface area (Å²) in [6, 6.07) is 8.88. The number of hydrogen-bond donors (Lipinski definition) is 2. The highest BCUT2D eigenvalue weighted by Gasteiger charge is 2.32. The lowest BCUT2D eigenvalue weighted by molar-refractivity contribution is -0.138. The summed E-state index contributed by atoms with van der Waals surface area (Å²) < 4.78 is 18.5. The fraction of sp³-hybridized carbons (Fsp3) is 0.333. The molecule has 0 atom stereocenters. The molecule has 0 unspecified atom stereocenters. The van der Waals surface area contributed by atoms with Crippen LogP contribution in [0.25, 0.3) is 11.3 Å². The standard InChI is InChI=1S/C18H20FNO4/c1-3-18(4-2,11-16(21)22)20-17(23)15-10-9-14(24-15)12-5-7-13(19)8-6-12/h5-10H,3-4,11H2,1-2H3,(H,20,23)(H,21,22). The van der Waals surface area contributed by atoms with Gasteiger partial charge in [0.2, 0.25) is 0 Å². The Morgan fingerprint density at radius 3 is 2.29 bits per heavy atom. The van der Waals surface area contributed by atoms with Crippen molar-refractivity contribution in [2.75, 3.05) is 0 Å². The summed E-state index contributed by atoms with van der Waals surface area (Å²) in [7, 11) is 0. The van der Waals surface area contributed by atoms with E-state index >= 15 is 0 Å². The van der Waals surface area contributed by atoms with Crippen molar-refractivity contribution < 1.29 is 23.5 Å². The van der Waals surface area contributed by atoms with Crippen LogP contribution in [0.1, 0.15) is 43.7 Å². The monoisotopic (exact) mass is 333 g/mol. The molecule has 6 heteroatoms. The zero-order valence-electron chi connectivity index (χ0n) is 13.6. The van der Waals surface area contributed by atoms with E-state index in [-0.39, 0.29) is 18.0 Å². The molecule has 24 heavy (non-hydrogen) atoms. The van der Waals surface area contributed by atoms with E-state index < -0.39 is 17.4 Å². The summed E-state index contributed by atoms with van der Waals surface area (Å²) in [4.78, 5) is 23.5. The van der Waals surface area contributed by atoms with Crippen molar-refractivity contribution in [1.82, 2.24) is 5.32 Å². The molecule has 2 aromatic rings. The maximum absolute atomic E-state index is 13.0. The third kappa shape index (κ3) is 4.01. The van der Waals surface area contributed by atoms with E-state index in [0.29, 0.717) is 24.2 Å². The number of carbonyl (C=O) groups is 2. The van der Waals surface area contributed by atoms with Crippen LogP contribution in [0.2, 0.25) is 0 Å². The fourth-order valence-corrected chi connectivity index (χ4v) is 2.54. The highest BCUT2D eigenvalue weighted by Crippen LogP contribution is 2.24. The Bertz CT molecular complexity index is 717. The van der Waals surface area contributed by atoms with Gasteiger partial charge < -0.3 is 14.8 Å². The van der Waals surface area contributed by atoms with Gasteiger partial charge in [0.15, 0.2) is 5.76 Å². The average molecular weight is 333 g/mol. The number of nitrogens with one attached hydrogen (secondary N) is 1. The predicted molar refractivity (Wildman–Crippen MR) is 87.1 cm³/mol. The van der Waals surface area contributed by atoms with Crippen LogP contribution in [0.3, 0.4) is 0 Å². The van der Waals surface area contributed by atoms with E-state index in [2.05, 4.69) is 5.32 Å². The molecule has 0 saturated heterocycles. The van der Waals surface area contributed by atoms with E-state index in [1.165, 1.54) is 18.2 Å². The first kappa shape index (κ1) is 17.7. The number of carboxylic acid groups (broad SMARTS) is 1. The van der Waals surface area contributed by atoms with Crippen LogP contribution in [-0.4, -0.2) is 22.5 Å². The van der Waals surface area contributed by atoms with Gasteiger partial charge in [-0.1, -0.05) is 13.8 Å². The molecule has 0 fully saturated rings. The van der Waals surface area contributed by atoms with Crippen LogP contribution in [-0.2, 0) is 4.79 Å². The molecular formula is C18H20FNO4. The maximum Gasteiger partial charge on any atom is 0.305 e. The van der Waals surface area contributed by atoms with Crippen molar-refractivity contribution in [1.29, 1.82) is 0 Å². The van der Waals surface area contributed by atoms with Gasteiger partial charge in [0, 0.05) is 5.56 Å². The number of hydrogen-bond acceptors (Lipinski definition) is 3. The van der Waals surface area contributed by atoms with Crippen molar-refractivity contribution in [3.63, 3.8) is 0 Å². The van der Waals surface area contributed by atoms with E-state index in [4.69, 9.17) is 9.52 Å². The molecule has 1 aromatic heterocycles. The average Bonchev–Trinajstić information content (AvgIpc) is 3.04. The lowest BCUT2D eigenvalue weighted by atomic mass is 9.89. The second-order valence-corrected chi connectivity index (χ2v) is 5.68. The minimum Gasteiger partial charge on any atom is -0.481 e. The summed E-state index contributed by atoms with van der Waals surface area (Å²) >= 11 is 0. The third-order valence-electron chi connectivity index (χ3n) is 4.18. The van der Waals surface area contributed by atoms with Crippen LogP contribution in [0.5, 0.6) is 0 Å². The van der Waals surface area contributed by atoms with Crippen molar-refractivity contribution in [3.05, 3.63) is 48.0 Å². The SMILES string of the molecule is CCC(CC)(CC(=O)O)NC(=O)c1ccc(-c2ccc(F)cc2)o1. The Hall–Kier alpha value is -2.63. The first-order valence-corrected chi connectivity index (χ1v) is 7.79. The predicted octanol–water partition coefficient (Wildman–Crippen LogP) is 3.85. The van der Waals surface area contributed by atoms with Crippen LogP contribution in [0.15, 0.2) is 40.8 Å². The van der Waals surface area contributed by atoms with Gasteiger partial charge >= 0.3 is 5.97 Å². The maximum atomic E-state index is 13.0. The second kappa shape index (κ2) is 7.29. The first-order chi connectivity index (χ1) is 11.4. The zero-order valence-corrected chi connectivity index (χ0v) is 13.6. The van der Waals surface area contributed by atoms with Gasteiger partial charge in [-0.05, 0) is 49.2 Å². The molecule has 5 nitrogen and oxygen atoms in total. The number of halogens is 1. The van der Waals surface area contributed by atoms with Crippen LogP contribution >= 0.6 is 0 Å². The van der Waals surface area contributed by atoms with Gasteiger partial charge in [0.25, 0.3) is 5.91 Å². The Kier molecular flexibility index (Phi) is 5.39. The van der Waals surface area contributed by atoms with Crippen molar-refractivity contribution in [3.8, 4) is 11.3 Å². The quantitative estimate of drug-likeness (QED) is 0.806. The minimum absolute atomic E-state index is 0.0889. The fourth-order valence-electron chi connectivity index (χ4n) is 2.54. The Labute approximate surface area is 139 Å². The van der Waals surface area contributed by atoms with Crippen LogP contribution in [0.4, 0.5) is 4.39 Å². The normalized spacial score (nSPS) is 11.3. The van der Waals surface area contributed by atoms with E-state index in [1.807, 2.05) is 13.8 Å². The zero-order chi connectivity index (χ0) is 17.7. The molecule has 0 aliphatic rings. The van der Waals surface area contributed by atoms with Gasteiger partial charge in [0.05, 0.1) is 12.0 Å². The Morgan fingerprint density at radius 1 is 1.12 bits per heavy atom. The molecule has 0 saturated carbocycles. The summed E-state index contributed by atoms with van der Waals surface area (Å²) in [5.74, 6) is -1.26. The van der Waals surface area contributed by atoms with E-state index in [0.717, 1.165) is 0 Å². The molecule has 0 bridgehead atoms. The van der Waals surface area contributed by atoms with E-state index in [9.17, 15) is 14.0 Å². The van der Waals surface area contributed by atoms with Crippen LogP contribution in [0, 0.1) is 5.82 Å². The number of benzene rings is 1. The molecule has 2 rings (SSSR count). The molecule has 1 heterocycles. The molecular weight excluding hydrogens is 313 g/mol. The Balaban J connectivity index is 2.18.